The number of esters is 3. The summed E-state index contributed by atoms with van der Waals surface area (Å²) in [5.74, 6) is -3.24. The first-order chi connectivity index (χ1) is 7.05. The Hall–Kier alpha value is -1.59. The lowest BCUT2D eigenvalue weighted by Crippen LogP contribution is -2.49. The van der Waals surface area contributed by atoms with Gasteiger partial charge in [-0.2, -0.15) is 0 Å². The van der Waals surface area contributed by atoms with Crippen LogP contribution in [0, 0.1) is 5.41 Å². The van der Waals surface area contributed by atoms with Crippen LogP contribution in [0.1, 0.15) is 25.7 Å². The Morgan fingerprint density at radius 3 is 2.00 bits per heavy atom. The molecular formula is C9H8O6. The van der Waals surface area contributed by atoms with Crippen LogP contribution in [-0.4, -0.2) is 23.9 Å². The average molecular weight is 212 g/mol. The van der Waals surface area contributed by atoms with E-state index in [1.54, 1.807) is 0 Å². The molecule has 0 aromatic heterocycles. The Kier molecular flexibility index (Phi) is 1.34. The van der Waals surface area contributed by atoms with Crippen LogP contribution in [-0.2, 0) is 28.6 Å². The SMILES string of the molecule is O=C1CCC23CC(=O)OC2(O1)OC(=O)C3. The normalized spacial score (nSPS) is 42.8. The van der Waals surface area contributed by atoms with Gasteiger partial charge in [0.25, 0.3) is 0 Å². The van der Waals surface area contributed by atoms with Crippen molar-refractivity contribution >= 4 is 17.9 Å². The Balaban J connectivity index is 2.08. The Morgan fingerprint density at radius 1 is 0.867 bits per heavy atom. The van der Waals surface area contributed by atoms with Crippen molar-refractivity contribution in [3.8, 4) is 0 Å². The maximum absolute atomic E-state index is 11.2. The third-order valence-electron chi connectivity index (χ3n) is 3.17. The number of carbonyl (C=O) groups is 3. The van der Waals surface area contributed by atoms with Gasteiger partial charge in [0.15, 0.2) is 0 Å². The van der Waals surface area contributed by atoms with Crippen LogP contribution < -0.4 is 0 Å². The highest BCUT2D eigenvalue weighted by Gasteiger charge is 2.74. The summed E-state index contributed by atoms with van der Waals surface area (Å²) in [5, 5.41) is 0. The molecule has 15 heavy (non-hydrogen) atoms. The number of hydrogen-bond donors (Lipinski definition) is 0. The summed E-state index contributed by atoms with van der Waals surface area (Å²) >= 11 is 0. The van der Waals surface area contributed by atoms with Gasteiger partial charge in [0.2, 0.25) is 0 Å². The topological polar surface area (TPSA) is 78.9 Å². The van der Waals surface area contributed by atoms with Crippen molar-refractivity contribution in [1.82, 2.24) is 0 Å². The first-order valence-corrected chi connectivity index (χ1v) is 4.71. The molecular weight excluding hydrogens is 204 g/mol. The molecule has 3 aliphatic rings. The van der Waals surface area contributed by atoms with Crippen molar-refractivity contribution in [1.29, 1.82) is 0 Å². The fourth-order valence-electron chi connectivity index (χ4n) is 2.46. The van der Waals surface area contributed by atoms with Gasteiger partial charge in [0.05, 0.1) is 12.8 Å². The molecule has 0 spiro atoms. The molecule has 3 rings (SSSR count). The van der Waals surface area contributed by atoms with Gasteiger partial charge >= 0.3 is 23.9 Å². The van der Waals surface area contributed by atoms with E-state index in [0.29, 0.717) is 6.42 Å². The minimum atomic E-state index is -1.75. The molecule has 3 heterocycles. The third kappa shape index (κ3) is 0.912. The van der Waals surface area contributed by atoms with E-state index < -0.39 is 29.3 Å². The quantitative estimate of drug-likeness (QED) is 0.520. The predicted molar refractivity (Wildman–Crippen MR) is 41.9 cm³/mol. The van der Waals surface area contributed by atoms with Crippen LogP contribution in [0.5, 0.6) is 0 Å². The first-order valence-electron chi connectivity index (χ1n) is 4.71. The molecule has 6 nitrogen and oxygen atoms in total. The highest BCUT2D eigenvalue weighted by molar-refractivity contribution is 5.83. The van der Waals surface area contributed by atoms with Gasteiger partial charge < -0.3 is 14.2 Å². The van der Waals surface area contributed by atoms with Gasteiger partial charge in [-0.25, -0.2) is 0 Å². The summed E-state index contributed by atoms with van der Waals surface area (Å²) in [6, 6.07) is 0. The molecule has 3 saturated heterocycles. The van der Waals surface area contributed by atoms with Gasteiger partial charge in [0.1, 0.15) is 5.41 Å². The maximum Gasteiger partial charge on any atom is 0.430 e. The molecule has 0 aliphatic carbocycles. The highest BCUT2D eigenvalue weighted by atomic mass is 16.9. The minimum absolute atomic E-state index is 0.0754. The maximum atomic E-state index is 11.2. The fourth-order valence-corrected chi connectivity index (χ4v) is 2.46. The van der Waals surface area contributed by atoms with Crippen LogP contribution in [0.3, 0.4) is 0 Å². The van der Waals surface area contributed by atoms with Crippen molar-refractivity contribution in [3.63, 3.8) is 0 Å². The monoisotopic (exact) mass is 212 g/mol. The molecule has 0 bridgehead atoms. The summed E-state index contributed by atoms with van der Waals surface area (Å²) in [5.41, 5.74) is -0.783. The second-order valence-corrected chi connectivity index (χ2v) is 4.11. The zero-order chi connectivity index (χ0) is 10.7. The van der Waals surface area contributed by atoms with Crippen molar-refractivity contribution in [2.24, 2.45) is 5.41 Å². The van der Waals surface area contributed by atoms with Crippen molar-refractivity contribution in [2.75, 3.05) is 0 Å². The number of rotatable bonds is 0. The van der Waals surface area contributed by atoms with Crippen LogP contribution in [0.4, 0.5) is 0 Å². The Bertz CT molecular complexity index is 364. The molecule has 0 atom stereocenters. The van der Waals surface area contributed by atoms with E-state index in [-0.39, 0.29) is 19.3 Å². The van der Waals surface area contributed by atoms with E-state index in [9.17, 15) is 14.4 Å². The van der Waals surface area contributed by atoms with Gasteiger partial charge in [0, 0.05) is 6.42 Å². The molecule has 3 fully saturated rings. The van der Waals surface area contributed by atoms with Crippen LogP contribution in [0.15, 0.2) is 0 Å². The summed E-state index contributed by atoms with van der Waals surface area (Å²) in [6.45, 7) is 0. The summed E-state index contributed by atoms with van der Waals surface area (Å²) in [6.07, 6.45) is 0.733. The highest BCUT2D eigenvalue weighted by Crippen LogP contribution is 2.58. The van der Waals surface area contributed by atoms with Crippen LogP contribution in [0.25, 0.3) is 0 Å². The van der Waals surface area contributed by atoms with Crippen molar-refractivity contribution < 1.29 is 28.6 Å². The molecule has 0 amide bonds. The first kappa shape index (κ1) is 8.70. The minimum Gasteiger partial charge on any atom is -0.388 e. The van der Waals surface area contributed by atoms with Gasteiger partial charge in [-0.3, -0.25) is 14.4 Å². The predicted octanol–water partition coefficient (Wildman–Crippen LogP) is -0.143. The van der Waals surface area contributed by atoms with E-state index in [0.717, 1.165) is 0 Å². The number of carbonyl (C=O) groups excluding carboxylic acids is 3. The lowest BCUT2D eigenvalue weighted by atomic mass is 9.76. The molecule has 6 heteroatoms. The lowest BCUT2D eigenvalue weighted by Gasteiger charge is -2.36. The van der Waals surface area contributed by atoms with Gasteiger partial charge in [-0.05, 0) is 6.42 Å². The van der Waals surface area contributed by atoms with E-state index in [1.807, 2.05) is 0 Å². The fraction of sp³-hybridized carbons (Fsp3) is 0.667. The standard InChI is InChI=1S/C9H8O6/c10-5-1-2-8-3-6(11)14-9(8,13-5)15-7(12)4-8/h1-4H2. The van der Waals surface area contributed by atoms with Gasteiger partial charge in [-0.15, -0.1) is 0 Å². The zero-order valence-electron chi connectivity index (χ0n) is 7.78. The zero-order valence-corrected chi connectivity index (χ0v) is 7.78. The Labute approximate surface area is 84.5 Å². The largest absolute Gasteiger partial charge is 0.430 e. The van der Waals surface area contributed by atoms with E-state index >= 15 is 0 Å². The van der Waals surface area contributed by atoms with Gasteiger partial charge in [-0.1, -0.05) is 0 Å². The third-order valence-corrected chi connectivity index (χ3v) is 3.17. The number of ether oxygens (including phenoxy) is 3. The second-order valence-electron chi connectivity index (χ2n) is 4.11. The summed E-state index contributed by atoms with van der Waals surface area (Å²) < 4.78 is 14.7. The van der Waals surface area contributed by atoms with E-state index in [4.69, 9.17) is 14.2 Å². The number of hydrogen-bond acceptors (Lipinski definition) is 6. The molecule has 3 aliphatic heterocycles. The molecule has 0 unspecified atom stereocenters. The molecule has 0 aromatic rings. The summed E-state index contributed by atoms with van der Waals surface area (Å²) in [4.78, 5) is 33.6. The van der Waals surface area contributed by atoms with E-state index in [1.165, 1.54) is 0 Å². The molecule has 0 saturated carbocycles. The van der Waals surface area contributed by atoms with Crippen LogP contribution in [0.2, 0.25) is 0 Å². The van der Waals surface area contributed by atoms with Crippen molar-refractivity contribution in [3.05, 3.63) is 0 Å². The van der Waals surface area contributed by atoms with Crippen LogP contribution >= 0.6 is 0 Å². The molecule has 0 N–H and O–H groups in total. The Morgan fingerprint density at radius 2 is 1.40 bits per heavy atom. The van der Waals surface area contributed by atoms with Crippen molar-refractivity contribution in [2.45, 2.75) is 31.7 Å². The molecule has 80 valence electrons. The lowest BCUT2D eigenvalue weighted by molar-refractivity contribution is -0.345. The van der Waals surface area contributed by atoms with E-state index in [2.05, 4.69) is 0 Å². The molecule has 0 aromatic carbocycles. The summed E-state index contributed by atoms with van der Waals surface area (Å²) in [7, 11) is 0. The average Bonchev–Trinajstić information content (AvgIpc) is 2.49. The molecule has 0 radical (unpaired) electrons. The smallest absolute Gasteiger partial charge is 0.388 e. The second kappa shape index (κ2) is 2.32.